The number of benzene rings is 2. The first kappa shape index (κ1) is 22.1. The molecule has 5 rings (SSSR count). The van der Waals surface area contributed by atoms with Crippen molar-refractivity contribution in [2.45, 2.75) is 18.1 Å². The molecule has 1 N–H and O–H groups in total. The van der Waals surface area contributed by atoms with E-state index in [-0.39, 0.29) is 11.7 Å². The third-order valence-electron chi connectivity index (χ3n) is 5.32. The van der Waals surface area contributed by atoms with Crippen LogP contribution < -0.4 is 14.8 Å². The number of rotatable bonds is 9. The lowest BCUT2D eigenvalue weighted by Gasteiger charge is -2.18. The Bertz CT molecular complexity index is 1240. The number of hydrogen-bond donors (Lipinski definition) is 1. The first-order valence-electron chi connectivity index (χ1n) is 11.1. The number of hydrogen-bond acceptors (Lipinski definition) is 7. The van der Waals surface area contributed by atoms with Crippen LogP contribution in [0.1, 0.15) is 11.1 Å². The predicted octanol–water partition coefficient (Wildman–Crippen LogP) is 3.81. The predicted molar refractivity (Wildman–Crippen MR) is 128 cm³/mol. The average Bonchev–Trinajstić information content (AvgIpc) is 3.53. The number of fused-ring (bicyclic) bond motifs is 1. The van der Waals surface area contributed by atoms with Gasteiger partial charge >= 0.3 is 0 Å². The van der Waals surface area contributed by atoms with E-state index in [0.717, 1.165) is 22.6 Å². The summed E-state index contributed by atoms with van der Waals surface area (Å²) in [4.78, 5) is 12.5. The van der Waals surface area contributed by atoms with Crippen LogP contribution in [0.4, 0.5) is 0 Å². The van der Waals surface area contributed by atoms with E-state index in [4.69, 9.17) is 13.9 Å². The van der Waals surface area contributed by atoms with E-state index in [0.29, 0.717) is 49.5 Å². The van der Waals surface area contributed by atoms with Crippen LogP contribution in [0.25, 0.3) is 11.6 Å². The summed E-state index contributed by atoms with van der Waals surface area (Å²) in [5, 5.41) is 12.3. The molecule has 8 nitrogen and oxygen atoms in total. The highest BCUT2D eigenvalue weighted by Gasteiger charge is 2.18. The minimum absolute atomic E-state index is 0.0589. The maximum absolute atomic E-state index is 12.5. The van der Waals surface area contributed by atoms with Gasteiger partial charge in [0.05, 0.1) is 18.6 Å². The molecule has 0 atom stereocenters. The lowest BCUT2D eigenvalue weighted by Crippen LogP contribution is -2.27. The second-order valence-corrected chi connectivity index (χ2v) is 8.66. The van der Waals surface area contributed by atoms with Crippen LogP contribution in [0.5, 0.6) is 11.5 Å². The number of ether oxygens (including phenoxy) is 2. The second kappa shape index (κ2) is 10.5. The zero-order valence-corrected chi connectivity index (χ0v) is 19.3. The van der Waals surface area contributed by atoms with Crippen LogP contribution in [0.2, 0.25) is 0 Å². The van der Waals surface area contributed by atoms with Crippen molar-refractivity contribution in [1.29, 1.82) is 0 Å². The fourth-order valence-electron chi connectivity index (χ4n) is 3.66. The highest BCUT2D eigenvalue weighted by Crippen LogP contribution is 2.31. The Labute approximate surface area is 201 Å². The third-order valence-corrected chi connectivity index (χ3v) is 6.28. The molecular weight excluding hydrogens is 452 g/mol. The molecule has 34 heavy (non-hydrogen) atoms. The topological polar surface area (TPSA) is 91.4 Å². The molecule has 0 fully saturated rings. The van der Waals surface area contributed by atoms with Crippen molar-refractivity contribution in [3.63, 3.8) is 0 Å². The van der Waals surface area contributed by atoms with E-state index in [1.807, 2.05) is 65.2 Å². The van der Waals surface area contributed by atoms with Crippen molar-refractivity contribution < 1.29 is 18.7 Å². The van der Waals surface area contributed by atoms with Gasteiger partial charge in [0.2, 0.25) is 11.7 Å². The molecule has 1 aliphatic heterocycles. The van der Waals surface area contributed by atoms with Crippen LogP contribution >= 0.6 is 11.8 Å². The molecular formula is C25H24N4O4S. The monoisotopic (exact) mass is 476 g/mol. The Balaban J connectivity index is 1.18. The molecule has 0 unspecified atom stereocenters. The zero-order valence-electron chi connectivity index (χ0n) is 18.5. The summed E-state index contributed by atoms with van der Waals surface area (Å²) >= 11 is 1.36. The van der Waals surface area contributed by atoms with Gasteiger partial charge in [0.1, 0.15) is 13.2 Å². The van der Waals surface area contributed by atoms with Gasteiger partial charge in [-0.1, -0.05) is 48.2 Å². The van der Waals surface area contributed by atoms with Gasteiger partial charge in [-0.15, -0.1) is 10.2 Å². The summed E-state index contributed by atoms with van der Waals surface area (Å²) in [5.74, 6) is 2.98. The minimum Gasteiger partial charge on any atom is -0.486 e. The molecule has 1 amide bonds. The molecule has 174 valence electrons. The van der Waals surface area contributed by atoms with E-state index in [1.165, 1.54) is 11.8 Å². The van der Waals surface area contributed by atoms with E-state index < -0.39 is 0 Å². The smallest absolute Gasteiger partial charge is 0.230 e. The van der Waals surface area contributed by atoms with E-state index in [9.17, 15) is 4.79 Å². The molecule has 2 aromatic carbocycles. The van der Waals surface area contributed by atoms with Gasteiger partial charge in [0.15, 0.2) is 22.4 Å². The lowest BCUT2D eigenvalue weighted by atomic mass is 10.1. The van der Waals surface area contributed by atoms with Crippen molar-refractivity contribution in [3.8, 4) is 23.1 Å². The zero-order chi connectivity index (χ0) is 23.2. The van der Waals surface area contributed by atoms with Crippen molar-refractivity contribution in [3.05, 3.63) is 78.1 Å². The number of furan rings is 1. The Morgan fingerprint density at radius 2 is 1.82 bits per heavy atom. The number of nitrogens with one attached hydrogen (secondary N) is 1. The molecule has 4 aromatic rings. The van der Waals surface area contributed by atoms with Crippen LogP contribution in [-0.4, -0.2) is 46.2 Å². The normalized spacial score (nSPS) is 12.5. The molecule has 3 heterocycles. The van der Waals surface area contributed by atoms with Gasteiger partial charge < -0.3 is 19.2 Å². The fraction of sp³-hybridized carbons (Fsp3) is 0.240. The van der Waals surface area contributed by atoms with Crippen molar-refractivity contribution in [2.24, 2.45) is 0 Å². The van der Waals surface area contributed by atoms with Gasteiger partial charge in [0, 0.05) is 6.54 Å². The summed E-state index contributed by atoms with van der Waals surface area (Å²) in [7, 11) is 0. The summed E-state index contributed by atoms with van der Waals surface area (Å²) in [5.41, 5.74) is 2.20. The Morgan fingerprint density at radius 1 is 0.971 bits per heavy atom. The fourth-order valence-corrected chi connectivity index (χ4v) is 4.43. The van der Waals surface area contributed by atoms with Gasteiger partial charge in [-0.25, -0.2) is 0 Å². The number of carbonyl (C=O) groups is 1. The molecule has 9 heteroatoms. The van der Waals surface area contributed by atoms with Crippen molar-refractivity contribution in [1.82, 2.24) is 20.1 Å². The van der Waals surface area contributed by atoms with Gasteiger partial charge in [-0.2, -0.15) is 0 Å². The first-order chi connectivity index (χ1) is 16.8. The largest absolute Gasteiger partial charge is 0.486 e. The third kappa shape index (κ3) is 5.26. The van der Waals surface area contributed by atoms with Crippen LogP contribution in [0, 0.1) is 0 Å². The molecule has 0 saturated heterocycles. The number of nitrogens with zero attached hydrogens (tertiary/aromatic N) is 3. The highest BCUT2D eigenvalue weighted by molar-refractivity contribution is 7.99. The molecule has 0 aliphatic carbocycles. The number of carbonyl (C=O) groups excluding carboxylic acids is 1. The Hall–Kier alpha value is -3.72. The van der Waals surface area contributed by atoms with Crippen LogP contribution in [0.3, 0.4) is 0 Å². The van der Waals surface area contributed by atoms with E-state index in [1.54, 1.807) is 6.26 Å². The highest BCUT2D eigenvalue weighted by atomic mass is 32.2. The number of amides is 1. The molecule has 0 spiro atoms. The standard InChI is InChI=1S/C25H24N4O4S/c30-23(26-11-10-18-8-9-20-22(15-18)33-14-13-32-20)17-34-25-28-27-24(21-7-4-12-31-21)29(25)16-19-5-2-1-3-6-19/h1-9,12,15H,10-11,13-14,16-17H2,(H,26,30). The minimum atomic E-state index is -0.0589. The van der Waals surface area contributed by atoms with Crippen LogP contribution in [0.15, 0.2) is 76.5 Å². The van der Waals surface area contributed by atoms with Gasteiger partial charge in [-0.05, 0) is 41.8 Å². The average molecular weight is 477 g/mol. The molecule has 0 saturated carbocycles. The molecule has 0 radical (unpaired) electrons. The van der Waals surface area contributed by atoms with Crippen molar-refractivity contribution in [2.75, 3.05) is 25.5 Å². The van der Waals surface area contributed by atoms with Gasteiger partial charge in [0.25, 0.3) is 0 Å². The summed E-state index contributed by atoms with van der Waals surface area (Å²) in [6.07, 6.45) is 2.32. The van der Waals surface area contributed by atoms with Crippen molar-refractivity contribution >= 4 is 17.7 Å². The quantitative estimate of drug-likeness (QED) is 0.367. The number of aromatic nitrogens is 3. The maximum atomic E-state index is 12.5. The summed E-state index contributed by atoms with van der Waals surface area (Å²) < 4.78 is 18.7. The summed E-state index contributed by atoms with van der Waals surface area (Å²) in [6.45, 7) is 2.24. The first-order valence-corrected chi connectivity index (χ1v) is 12.0. The SMILES string of the molecule is O=C(CSc1nnc(-c2ccco2)n1Cc1ccccc1)NCCc1ccc2c(c1)OCCO2. The molecule has 2 aromatic heterocycles. The second-order valence-electron chi connectivity index (χ2n) is 7.72. The van der Waals surface area contributed by atoms with Crippen LogP contribution in [-0.2, 0) is 17.8 Å². The van der Waals surface area contributed by atoms with E-state index >= 15 is 0 Å². The molecule has 0 bridgehead atoms. The Morgan fingerprint density at radius 3 is 2.65 bits per heavy atom. The lowest BCUT2D eigenvalue weighted by molar-refractivity contribution is -0.118. The van der Waals surface area contributed by atoms with E-state index in [2.05, 4.69) is 15.5 Å². The molecule has 1 aliphatic rings. The van der Waals surface area contributed by atoms with Gasteiger partial charge in [-0.3, -0.25) is 9.36 Å². The Kier molecular flexibility index (Phi) is 6.81. The maximum Gasteiger partial charge on any atom is 0.230 e. The summed E-state index contributed by atoms with van der Waals surface area (Å²) in [6, 6.07) is 19.6. The number of thioether (sulfide) groups is 1.